The van der Waals surface area contributed by atoms with E-state index in [0.29, 0.717) is 25.8 Å². The summed E-state index contributed by atoms with van der Waals surface area (Å²) in [6, 6.07) is 22.1. The van der Waals surface area contributed by atoms with Crippen LogP contribution in [0.15, 0.2) is 83.8 Å². The summed E-state index contributed by atoms with van der Waals surface area (Å²) in [6.07, 6.45) is 1.80. The van der Waals surface area contributed by atoms with Crippen LogP contribution in [0.2, 0.25) is 0 Å². The number of nitrogens with zero attached hydrogens (tertiary/aromatic N) is 1. The molecule has 41 heavy (non-hydrogen) atoms. The van der Waals surface area contributed by atoms with E-state index in [1.54, 1.807) is 24.3 Å². The van der Waals surface area contributed by atoms with E-state index in [0.717, 1.165) is 33.3 Å². The minimum atomic E-state index is -4.10. The van der Waals surface area contributed by atoms with E-state index in [9.17, 15) is 18.0 Å². The monoisotopic (exact) mass is 574 g/mol. The van der Waals surface area contributed by atoms with Crippen LogP contribution in [-0.2, 0) is 37.3 Å². The highest BCUT2D eigenvalue weighted by Gasteiger charge is 2.42. The molecule has 0 aliphatic carbocycles. The van der Waals surface area contributed by atoms with Gasteiger partial charge in [-0.25, -0.2) is 13.2 Å². The summed E-state index contributed by atoms with van der Waals surface area (Å²) in [5.74, 6) is -1.13. The minimum absolute atomic E-state index is 0.0130. The first-order valence-electron chi connectivity index (χ1n) is 13.7. The quantitative estimate of drug-likeness (QED) is 0.195. The topological polar surface area (TPSA) is 135 Å². The normalized spacial score (nSPS) is 16.2. The van der Waals surface area contributed by atoms with Crippen molar-refractivity contribution < 1.29 is 22.7 Å². The summed E-state index contributed by atoms with van der Waals surface area (Å²) < 4.78 is 34.3. The van der Waals surface area contributed by atoms with Gasteiger partial charge in [-0.3, -0.25) is 4.79 Å². The van der Waals surface area contributed by atoms with E-state index in [4.69, 9.17) is 10.5 Å². The Labute approximate surface area is 239 Å². The van der Waals surface area contributed by atoms with Gasteiger partial charge in [-0.15, -0.1) is 0 Å². The number of ether oxygens (including phenoxy) is 1. The van der Waals surface area contributed by atoms with Gasteiger partial charge in [0.25, 0.3) is 0 Å². The lowest BCUT2D eigenvalue weighted by molar-refractivity contribution is -0.145. The molecular weight excluding hydrogens is 540 g/mol. The Balaban J connectivity index is 1.49. The standard InChI is InChI=1S/C31H34N4O5S/c1-40-31(37)27(13-7-8-18-32)34-30(36)29-19-25-24-11-5-6-12-26(24)33-28(25)20-35(29)41(38,39)23-16-14-22(15-17-23)21-9-3-2-4-10-21/h2-6,9-12,14-17,27,29,33H,7-8,13,18-20,32H2,1H3,(H,34,36). The zero-order valence-corrected chi connectivity index (χ0v) is 23.7. The number of aromatic nitrogens is 1. The van der Waals surface area contributed by atoms with Gasteiger partial charge in [0, 0.05) is 23.0 Å². The molecule has 214 valence electrons. The molecule has 0 saturated carbocycles. The van der Waals surface area contributed by atoms with Crippen molar-refractivity contribution >= 4 is 32.8 Å². The van der Waals surface area contributed by atoms with Crippen molar-refractivity contribution in [3.63, 3.8) is 0 Å². The molecule has 0 spiro atoms. The van der Waals surface area contributed by atoms with Gasteiger partial charge in [-0.1, -0.05) is 60.7 Å². The number of methoxy groups -OCH3 is 1. The van der Waals surface area contributed by atoms with Crippen molar-refractivity contribution in [2.45, 2.75) is 49.2 Å². The number of carbonyl (C=O) groups excluding carboxylic acids is 2. The molecule has 1 aromatic heterocycles. The molecule has 10 heteroatoms. The maximum absolute atomic E-state index is 14.1. The lowest BCUT2D eigenvalue weighted by atomic mass is 9.97. The number of esters is 1. The predicted octanol–water partition coefficient (Wildman–Crippen LogP) is 3.74. The highest BCUT2D eigenvalue weighted by molar-refractivity contribution is 7.89. The van der Waals surface area contributed by atoms with Crippen LogP contribution in [0, 0.1) is 0 Å². The van der Waals surface area contributed by atoms with Crippen LogP contribution >= 0.6 is 0 Å². The molecule has 0 fully saturated rings. The summed E-state index contributed by atoms with van der Waals surface area (Å²) in [5, 5.41) is 3.72. The van der Waals surface area contributed by atoms with E-state index in [1.807, 2.05) is 54.6 Å². The number of nitrogens with one attached hydrogen (secondary N) is 2. The molecule has 3 aromatic carbocycles. The number of para-hydroxylation sites is 1. The third-order valence-electron chi connectivity index (χ3n) is 7.58. The number of fused-ring (bicyclic) bond motifs is 3. The number of nitrogens with two attached hydrogens (primary N) is 1. The number of hydrogen-bond donors (Lipinski definition) is 3. The molecule has 2 atom stereocenters. The number of benzene rings is 3. The zero-order valence-electron chi connectivity index (χ0n) is 22.9. The Hall–Kier alpha value is -3.99. The number of hydrogen-bond acceptors (Lipinski definition) is 6. The first-order chi connectivity index (χ1) is 19.8. The number of carbonyl (C=O) groups is 2. The number of sulfonamides is 1. The number of amides is 1. The van der Waals surface area contributed by atoms with E-state index in [2.05, 4.69) is 10.3 Å². The van der Waals surface area contributed by atoms with Crippen LogP contribution in [0.5, 0.6) is 0 Å². The first kappa shape index (κ1) is 28.5. The Morgan fingerprint density at radius 3 is 2.39 bits per heavy atom. The van der Waals surface area contributed by atoms with Gasteiger partial charge >= 0.3 is 5.97 Å². The first-order valence-corrected chi connectivity index (χ1v) is 15.1. The van der Waals surface area contributed by atoms with Crippen LogP contribution in [0.3, 0.4) is 0 Å². The average Bonchev–Trinajstić information content (AvgIpc) is 3.38. The second kappa shape index (κ2) is 12.3. The van der Waals surface area contributed by atoms with E-state index in [-0.39, 0.29) is 17.9 Å². The van der Waals surface area contributed by atoms with Crippen LogP contribution < -0.4 is 11.1 Å². The van der Waals surface area contributed by atoms with E-state index < -0.39 is 34.0 Å². The zero-order chi connectivity index (χ0) is 29.0. The smallest absolute Gasteiger partial charge is 0.328 e. The number of rotatable bonds is 10. The maximum atomic E-state index is 14.1. The van der Waals surface area contributed by atoms with Gasteiger partial charge in [0.05, 0.1) is 18.6 Å². The van der Waals surface area contributed by atoms with Gasteiger partial charge in [0.15, 0.2) is 0 Å². The Morgan fingerprint density at radius 2 is 1.68 bits per heavy atom. The molecule has 0 bridgehead atoms. The summed E-state index contributed by atoms with van der Waals surface area (Å²) in [5.41, 5.74) is 9.97. The third kappa shape index (κ3) is 5.90. The number of unbranched alkanes of at least 4 members (excludes halogenated alkanes) is 1. The van der Waals surface area contributed by atoms with Gasteiger partial charge in [0.2, 0.25) is 15.9 Å². The Morgan fingerprint density at radius 1 is 1.00 bits per heavy atom. The van der Waals surface area contributed by atoms with Crippen LogP contribution in [0.4, 0.5) is 0 Å². The predicted molar refractivity (Wildman–Crippen MR) is 157 cm³/mol. The Bertz CT molecular complexity index is 1630. The molecule has 1 aliphatic rings. The molecule has 2 heterocycles. The van der Waals surface area contributed by atoms with Crippen LogP contribution in [-0.4, -0.2) is 55.3 Å². The summed E-state index contributed by atoms with van der Waals surface area (Å²) in [4.78, 5) is 29.7. The fraction of sp³-hybridized carbons (Fsp3) is 0.290. The van der Waals surface area contributed by atoms with E-state index in [1.165, 1.54) is 11.4 Å². The maximum Gasteiger partial charge on any atom is 0.328 e. The minimum Gasteiger partial charge on any atom is -0.467 e. The lowest BCUT2D eigenvalue weighted by Crippen LogP contribution is -2.55. The second-order valence-electron chi connectivity index (χ2n) is 10.2. The molecule has 0 radical (unpaired) electrons. The lowest BCUT2D eigenvalue weighted by Gasteiger charge is -2.34. The Kier molecular flexibility index (Phi) is 8.53. The van der Waals surface area contributed by atoms with Crippen molar-refractivity contribution in [3.05, 3.63) is 90.1 Å². The fourth-order valence-corrected chi connectivity index (χ4v) is 6.95. The van der Waals surface area contributed by atoms with Gasteiger partial charge < -0.3 is 20.8 Å². The molecule has 2 unspecified atom stereocenters. The average molecular weight is 575 g/mol. The van der Waals surface area contributed by atoms with Crippen LogP contribution in [0.25, 0.3) is 22.0 Å². The van der Waals surface area contributed by atoms with E-state index >= 15 is 0 Å². The SMILES string of the molecule is COC(=O)C(CCCCN)NC(=O)C1Cc2c([nH]c3ccccc23)CN1S(=O)(=O)c1ccc(-c2ccccc2)cc1. The summed E-state index contributed by atoms with van der Waals surface area (Å²) in [7, 11) is -2.84. The van der Waals surface area contributed by atoms with Crippen molar-refractivity contribution in [2.24, 2.45) is 5.73 Å². The molecule has 4 N–H and O–H groups in total. The van der Waals surface area contributed by atoms with Crippen LogP contribution in [0.1, 0.15) is 30.5 Å². The number of H-pyrrole nitrogens is 1. The molecular formula is C31H34N4O5S. The highest BCUT2D eigenvalue weighted by Crippen LogP contribution is 2.34. The molecule has 5 rings (SSSR count). The summed E-state index contributed by atoms with van der Waals surface area (Å²) in [6.45, 7) is 0.448. The van der Waals surface area contributed by atoms with Crippen molar-refractivity contribution in [1.29, 1.82) is 0 Å². The summed E-state index contributed by atoms with van der Waals surface area (Å²) >= 11 is 0. The molecule has 4 aromatic rings. The number of aromatic amines is 1. The van der Waals surface area contributed by atoms with Gasteiger partial charge in [0.1, 0.15) is 12.1 Å². The second-order valence-corrected chi connectivity index (χ2v) is 12.0. The highest BCUT2D eigenvalue weighted by atomic mass is 32.2. The van der Waals surface area contributed by atoms with Crippen molar-refractivity contribution in [3.8, 4) is 11.1 Å². The third-order valence-corrected chi connectivity index (χ3v) is 9.45. The van der Waals surface area contributed by atoms with Gasteiger partial charge in [-0.2, -0.15) is 4.31 Å². The molecule has 9 nitrogen and oxygen atoms in total. The largest absolute Gasteiger partial charge is 0.467 e. The fourth-order valence-electron chi connectivity index (χ4n) is 5.40. The van der Waals surface area contributed by atoms with Crippen molar-refractivity contribution in [1.82, 2.24) is 14.6 Å². The molecule has 0 saturated heterocycles. The van der Waals surface area contributed by atoms with Gasteiger partial charge in [-0.05, 0) is 60.7 Å². The van der Waals surface area contributed by atoms with Crippen molar-refractivity contribution in [2.75, 3.05) is 13.7 Å². The molecule has 1 aliphatic heterocycles. The molecule has 1 amide bonds.